The van der Waals surface area contributed by atoms with Gasteiger partial charge in [0.2, 0.25) is 5.91 Å². The van der Waals surface area contributed by atoms with Crippen LogP contribution in [0.3, 0.4) is 0 Å². The van der Waals surface area contributed by atoms with E-state index in [4.69, 9.17) is 11.6 Å². The molecule has 1 amide bonds. The van der Waals surface area contributed by atoms with Crippen LogP contribution < -0.4 is 0 Å². The summed E-state index contributed by atoms with van der Waals surface area (Å²) in [7, 11) is 0. The Balaban J connectivity index is 1.73. The van der Waals surface area contributed by atoms with Crippen molar-refractivity contribution in [3.05, 3.63) is 40.4 Å². The number of aliphatic carboxylic acids is 1. The van der Waals surface area contributed by atoms with Gasteiger partial charge in [-0.15, -0.1) is 11.3 Å². The van der Waals surface area contributed by atoms with Crippen molar-refractivity contribution in [3.63, 3.8) is 0 Å². The molecule has 3 rings (SSSR count). The number of amides is 1. The van der Waals surface area contributed by atoms with Crippen molar-refractivity contribution in [3.8, 4) is 10.6 Å². The molecule has 0 bridgehead atoms. The molecule has 0 radical (unpaired) electrons. The van der Waals surface area contributed by atoms with E-state index in [0.29, 0.717) is 29.6 Å². The van der Waals surface area contributed by atoms with Gasteiger partial charge in [0.1, 0.15) is 11.0 Å². The molecule has 0 saturated carbocycles. The van der Waals surface area contributed by atoms with Gasteiger partial charge in [0, 0.05) is 17.5 Å². The van der Waals surface area contributed by atoms with E-state index >= 15 is 0 Å². The van der Waals surface area contributed by atoms with Crippen molar-refractivity contribution in [2.45, 2.75) is 32.2 Å². The number of hydrogen-bond donors (Lipinski definition) is 1. The maximum absolute atomic E-state index is 12.6. The van der Waals surface area contributed by atoms with Gasteiger partial charge in [-0.3, -0.25) is 4.79 Å². The molecular formula is C18H19ClN2O3S. The van der Waals surface area contributed by atoms with E-state index in [1.165, 1.54) is 16.2 Å². The highest BCUT2D eigenvalue weighted by Crippen LogP contribution is 2.30. The van der Waals surface area contributed by atoms with E-state index in [9.17, 15) is 14.7 Å². The van der Waals surface area contributed by atoms with Crippen LogP contribution in [0.1, 0.15) is 25.5 Å². The summed E-state index contributed by atoms with van der Waals surface area (Å²) >= 11 is 7.62. The molecular weight excluding hydrogens is 360 g/mol. The number of carboxylic acid groups (broad SMARTS) is 1. The molecule has 5 nitrogen and oxygen atoms in total. The highest BCUT2D eigenvalue weighted by molar-refractivity contribution is 7.13. The van der Waals surface area contributed by atoms with Crippen LogP contribution in [0, 0.1) is 5.92 Å². The maximum atomic E-state index is 12.6. The van der Waals surface area contributed by atoms with Crippen molar-refractivity contribution >= 4 is 34.8 Å². The second-order valence-corrected chi connectivity index (χ2v) is 7.64. The van der Waals surface area contributed by atoms with Gasteiger partial charge in [-0.25, -0.2) is 9.78 Å². The lowest BCUT2D eigenvalue weighted by molar-refractivity contribution is -0.152. The Hall–Kier alpha value is -1.92. The number of carbonyl (C=O) groups is 2. The smallest absolute Gasteiger partial charge is 0.326 e. The summed E-state index contributed by atoms with van der Waals surface area (Å²) in [5.74, 6) is -0.804. The third-order valence-corrected chi connectivity index (χ3v) is 5.71. The molecule has 1 aromatic carbocycles. The van der Waals surface area contributed by atoms with Gasteiger partial charge < -0.3 is 10.0 Å². The molecule has 1 saturated heterocycles. The molecule has 132 valence electrons. The number of thiazole rings is 1. The van der Waals surface area contributed by atoms with Crippen LogP contribution in [0.5, 0.6) is 0 Å². The lowest BCUT2D eigenvalue weighted by Gasteiger charge is -2.35. The number of rotatable bonds is 4. The number of hydrogen-bond acceptors (Lipinski definition) is 4. The molecule has 2 unspecified atom stereocenters. The molecule has 1 fully saturated rings. The first kappa shape index (κ1) is 17.9. The van der Waals surface area contributed by atoms with E-state index in [2.05, 4.69) is 4.98 Å². The van der Waals surface area contributed by atoms with E-state index < -0.39 is 12.0 Å². The fourth-order valence-corrected chi connectivity index (χ4v) is 4.22. The molecule has 2 aromatic rings. The van der Waals surface area contributed by atoms with E-state index in [-0.39, 0.29) is 12.3 Å². The zero-order valence-corrected chi connectivity index (χ0v) is 15.4. The number of benzene rings is 1. The zero-order chi connectivity index (χ0) is 18.0. The van der Waals surface area contributed by atoms with Crippen LogP contribution in [-0.4, -0.2) is 39.5 Å². The summed E-state index contributed by atoms with van der Waals surface area (Å²) in [4.78, 5) is 30.1. The van der Waals surface area contributed by atoms with Crippen LogP contribution in [0.4, 0.5) is 0 Å². The monoisotopic (exact) mass is 378 g/mol. The van der Waals surface area contributed by atoms with E-state index in [1.54, 1.807) is 6.07 Å². The largest absolute Gasteiger partial charge is 0.480 e. The Morgan fingerprint density at radius 3 is 2.88 bits per heavy atom. The molecule has 0 spiro atoms. The Labute approximate surface area is 155 Å². The molecule has 0 aliphatic carbocycles. The molecule has 1 aromatic heterocycles. The van der Waals surface area contributed by atoms with Crippen molar-refractivity contribution in [2.75, 3.05) is 6.54 Å². The van der Waals surface area contributed by atoms with Gasteiger partial charge in [-0.1, -0.05) is 36.7 Å². The molecule has 1 aliphatic heterocycles. The third-order valence-electron chi connectivity index (χ3n) is 4.46. The summed E-state index contributed by atoms with van der Waals surface area (Å²) in [6.45, 7) is 2.51. The first-order valence-corrected chi connectivity index (χ1v) is 9.43. The highest BCUT2D eigenvalue weighted by Gasteiger charge is 2.34. The number of carbonyl (C=O) groups excluding carboxylic acids is 1. The Kier molecular flexibility index (Phi) is 5.39. The number of likely N-dealkylation sites (tertiary alicyclic amines) is 1. The highest BCUT2D eigenvalue weighted by atomic mass is 35.5. The molecule has 1 N–H and O–H groups in total. The van der Waals surface area contributed by atoms with Crippen molar-refractivity contribution in [1.82, 2.24) is 9.88 Å². The summed E-state index contributed by atoms with van der Waals surface area (Å²) in [6, 6.07) is 6.69. The van der Waals surface area contributed by atoms with Crippen molar-refractivity contribution < 1.29 is 14.7 Å². The van der Waals surface area contributed by atoms with Crippen LogP contribution in [0.15, 0.2) is 29.6 Å². The van der Waals surface area contributed by atoms with Gasteiger partial charge in [0.25, 0.3) is 0 Å². The first-order chi connectivity index (χ1) is 12.0. The molecule has 7 heteroatoms. The molecule has 2 atom stereocenters. The number of piperidine rings is 1. The van der Waals surface area contributed by atoms with Crippen molar-refractivity contribution in [2.24, 2.45) is 5.92 Å². The quantitative estimate of drug-likeness (QED) is 0.880. The number of carboxylic acids is 1. The summed E-state index contributed by atoms with van der Waals surface area (Å²) in [5, 5.41) is 12.6. The lowest BCUT2D eigenvalue weighted by atomic mass is 9.92. The normalized spacial score (nSPS) is 20.5. The minimum absolute atomic E-state index is 0.110. The lowest BCUT2D eigenvalue weighted by Crippen LogP contribution is -2.50. The summed E-state index contributed by atoms with van der Waals surface area (Å²) in [6.07, 6.45) is 1.44. The zero-order valence-electron chi connectivity index (χ0n) is 13.8. The van der Waals surface area contributed by atoms with Gasteiger partial charge in [-0.2, -0.15) is 0 Å². The average Bonchev–Trinajstić information content (AvgIpc) is 3.03. The molecule has 1 aliphatic rings. The summed E-state index contributed by atoms with van der Waals surface area (Å²) in [5.41, 5.74) is 1.48. The average molecular weight is 379 g/mol. The van der Waals surface area contributed by atoms with E-state index in [1.807, 2.05) is 30.5 Å². The fraction of sp³-hybridized carbons (Fsp3) is 0.389. The van der Waals surface area contributed by atoms with Crippen molar-refractivity contribution in [1.29, 1.82) is 0 Å². The van der Waals surface area contributed by atoms with Crippen LogP contribution in [0.25, 0.3) is 10.6 Å². The topological polar surface area (TPSA) is 70.5 Å². The van der Waals surface area contributed by atoms with Gasteiger partial charge in [0.05, 0.1) is 17.1 Å². The van der Waals surface area contributed by atoms with Crippen LogP contribution >= 0.6 is 22.9 Å². The first-order valence-electron chi connectivity index (χ1n) is 8.17. The predicted molar refractivity (Wildman–Crippen MR) is 97.8 cm³/mol. The van der Waals surface area contributed by atoms with Gasteiger partial charge >= 0.3 is 5.97 Å². The standard InChI is InChI=1S/C18H19ClN2O3S/c1-11-6-7-21(15(8-11)18(23)24)16(22)9-12-10-25-17(20-12)13-4-2-3-5-14(13)19/h2-5,10-11,15H,6-9H2,1H3,(H,23,24). The Morgan fingerprint density at radius 1 is 1.40 bits per heavy atom. The Morgan fingerprint density at radius 2 is 2.16 bits per heavy atom. The predicted octanol–water partition coefficient (Wildman–Crippen LogP) is 3.72. The third kappa shape index (κ3) is 4.02. The fourth-order valence-electron chi connectivity index (χ4n) is 3.08. The van der Waals surface area contributed by atoms with Crippen LogP contribution in [-0.2, 0) is 16.0 Å². The Bertz CT molecular complexity index is 792. The van der Waals surface area contributed by atoms with Gasteiger partial charge in [-0.05, 0) is 24.8 Å². The number of aromatic nitrogens is 1. The number of nitrogens with zero attached hydrogens (tertiary/aromatic N) is 2. The van der Waals surface area contributed by atoms with E-state index in [0.717, 1.165) is 17.0 Å². The van der Waals surface area contributed by atoms with Crippen LogP contribution in [0.2, 0.25) is 5.02 Å². The van der Waals surface area contributed by atoms with Gasteiger partial charge in [0.15, 0.2) is 0 Å². The minimum Gasteiger partial charge on any atom is -0.480 e. The SMILES string of the molecule is CC1CCN(C(=O)Cc2csc(-c3ccccc3Cl)n2)C(C(=O)O)C1. The number of halogens is 1. The summed E-state index contributed by atoms with van der Waals surface area (Å²) < 4.78 is 0. The molecule has 2 heterocycles. The maximum Gasteiger partial charge on any atom is 0.326 e. The molecule has 25 heavy (non-hydrogen) atoms. The second-order valence-electron chi connectivity index (χ2n) is 6.37. The minimum atomic E-state index is -0.935. The second kappa shape index (κ2) is 7.54.